The Morgan fingerprint density at radius 1 is 0.857 bits per heavy atom. The van der Waals surface area contributed by atoms with Crippen molar-refractivity contribution in [2.24, 2.45) is 0 Å². The first-order chi connectivity index (χ1) is 9.91. The first-order valence-electron chi connectivity index (χ1n) is 7.78. The summed E-state index contributed by atoms with van der Waals surface area (Å²) in [4.78, 5) is 22.9. The van der Waals surface area contributed by atoms with Crippen LogP contribution in [-0.2, 0) is 23.6 Å². The first kappa shape index (κ1) is 20.2. The second-order valence-electron chi connectivity index (χ2n) is 5.39. The molecule has 0 aliphatic heterocycles. The van der Waals surface area contributed by atoms with Gasteiger partial charge in [-0.2, -0.15) is 0 Å². The summed E-state index contributed by atoms with van der Waals surface area (Å²) in [5, 5.41) is 0. The van der Waals surface area contributed by atoms with E-state index in [0.717, 1.165) is 25.7 Å². The largest absolute Gasteiger partial charge is 0.466 e. The Kier molecular flexibility index (Phi) is 11.3. The van der Waals surface area contributed by atoms with Crippen molar-refractivity contribution in [3.63, 3.8) is 0 Å². The fraction of sp³-hybridized carbons (Fsp3) is 0.867. The van der Waals surface area contributed by atoms with Crippen LogP contribution in [0.1, 0.15) is 52.4 Å². The number of hydrogen-bond acceptors (Lipinski definition) is 5. The van der Waals surface area contributed by atoms with Crippen molar-refractivity contribution in [3.05, 3.63) is 0 Å². The van der Waals surface area contributed by atoms with E-state index in [4.69, 9.17) is 9.47 Å². The zero-order valence-corrected chi connectivity index (χ0v) is 14.5. The highest BCUT2D eigenvalue weighted by atomic mass is 31.2. The van der Waals surface area contributed by atoms with Gasteiger partial charge in [0.05, 0.1) is 33.2 Å². The van der Waals surface area contributed by atoms with E-state index >= 15 is 0 Å². The van der Waals surface area contributed by atoms with Gasteiger partial charge in [0.25, 0.3) is 0 Å². The van der Waals surface area contributed by atoms with Gasteiger partial charge in [-0.15, -0.1) is 0 Å². The van der Waals surface area contributed by atoms with Gasteiger partial charge in [0.1, 0.15) is 0 Å². The number of carbonyl (C=O) groups is 2. The minimum absolute atomic E-state index is 0.155. The maximum atomic E-state index is 12.3. The predicted molar refractivity (Wildman–Crippen MR) is 84.2 cm³/mol. The van der Waals surface area contributed by atoms with Crippen molar-refractivity contribution in [1.82, 2.24) is 0 Å². The number of esters is 2. The number of rotatable bonds is 12. The molecule has 0 rings (SSSR count). The lowest BCUT2D eigenvalue weighted by molar-refractivity contribution is -0.144. The quantitative estimate of drug-likeness (QED) is 0.313. The summed E-state index contributed by atoms with van der Waals surface area (Å²) in [5.41, 5.74) is 0. The third-order valence-electron chi connectivity index (χ3n) is 3.10. The maximum Gasteiger partial charge on any atom is 0.306 e. The number of ether oxygens (including phenoxy) is 2. The molecule has 0 aromatic heterocycles. The predicted octanol–water partition coefficient (Wildman–Crippen LogP) is 3.45. The van der Waals surface area contributed by atoms with Crippen LogP contribution in [0.4, 0.5) is 0 Å². The fourth-order valence-corrected chi connectivity index (χ4v) is 3.11. The molecular weight excluding hydrogens is 291 g/mol. The molecule has 0 saturated heterocycles. The molecule has 21 heavy (non-hydrogen) atoms. The maximum absolute atomic E-state index is 12.3. The molecule has 0 spiro atoms. The lowest BCUT2D eigenvalue weighted by atomic mass is 10.4. The monoisotopic (exact) mass is 320 g/mol. The molecule has 0 aliphatic carbocycles. The molecule has 0 aliphatic rings. The highest BCUT2D eigenvalue weighted by molar-refractivity contribution is 7.63. The van der Waals surface area contributed by atoms with Crippen LogP contribution in [0.25, 0.3) is 0 Å². The van der Waals surface area contributed by atoms with Crippen LogP contribution in [-0.4, -0.2) is 44.1 Å². The molecule has 0 radical (unpaired) electrons. The van der Waals surface area contributed by atoms with Crippen molar-refractivity contribution in [2.75, 3.05) is 32.2 Å². The lowest BCUT2D eigenvalue weighted by Gasteiger charge is -2.12. The van der Waals surface area contributed by atoms with E-state index in [9.17, 15) is 14.2 Å². The van der Waals surface area contributed by atoms with Crippen LogP contribution in [0, 0.1) is 0 Å². The number of carbonyl (C=O) groups excluding carboxylic acids is 2. The van der Waals surface area contributed by atoms with Gasteiger partial charge in [0.15, 0.2) is 0 Å². The molecule has 124 valence electrons. The van der Waals surface area contributed by atoms with Gasteiger partial charge in [-0.05, 0) is 19.5 Å². The van der Waals surface area contributed by atoms with Crippen LogP contribution in [0.5, 0.6) is 0 Å². The third-order valence-corrected chi connectivity index (χ3v) is 5.44. The Hall–Kier alpha value is -0.830. The topological polar surface area (TPSA) is 69.7 Å². The first-order valence-corrected chi connectivity index (χ1v) is 10.3. The van der Waals surface area contributed by atoms with Gasteiger partial charge >= 0.3 is 11.9 Å². The standard InChI is InChI=1S/C15H29O5P/c1-4-6-10-19-14(16)8-12-21(3,18)13-9-15(17)20-11-7-5-2/h4-13H2,1-3H3. The van der Waals surface area contributed by atoms with E-state index in [1.165, 1.54) is 0 Å². The minimum atomic E-state index is -2.48. The van der Waals surface area contributed by atoms with Gasteiger partial charge in [-0.3, -0.25) is 9.59 Å². The summed E-state index contributed by atoms with van der Waals surface area (Å²) < 4.78 is 22.3. The summed E-state index contributed by atoms with van der Waals surface area (Å²) in [6.07, 6.45) is 4.53. The molecule has 0 heterocycles. The molecule has 5 nitrogen and oxygen atoms in total. The third kappa shape index (κ3) is 12.6. The lowest BCUT2D eigenvalue weighted by Crippen LogP contribution is -2.11. The smallest absolute Gasteiger partial charge is 0.306 e. The number of hydrogen-bond donors (Lipinski definition) is 0. The van der Waals surface area contributed by atoms with Gasteiger partial charge < -0.3 is 14.0 Å². The van der Waals surface area contributed by atoms with Gasteiger partial charge in [0.2, 0.25) is 0 Å². The van der Waals surface area contributed by atoms with Crippen molar-refractivity contribution in [2.45, 2.75) is 52.4 Å². The van der Waals surface area contributed by atoms with Crippen molar-refractivity contribution < 1.29 is 23.6 Å². The van der Waals surface area contributed by atoms with Crippen LogP contribution in [0.3, 0.4) is 0 Å². The van der Waals surface area contributed by atoms with Gasteiger partial charge in [-0.25, -0.2) is 0 Å². The Balaban J connectivity index is 3.84. The van der Waals surface area contributed by atoms with E-state index in [1.807, 2.05) is 13.8 Å². The summed E-state index contributed by atoms with van der Waals surface area (Å²) in [6.45, 7) is 6.52. The van der Waals surface area contributed by atoms with Crippen molar-refractivity contribution >= 4 is 19.1 Å². The van der Waals surface area contributed by atoms with E-state index in [1.54, 1.807) is 6.66 Å². The molecule has 0 unspecified atom stereocenters. The fourth-order valence-electron chi connectivity index (χ4n) is 1.57. The van der Waals surface area contributed by atoms with E-state index in [2.05, 4.69) is 0 Å². The van der Waals surface area contributed by atoms with E-state index in [0.29, 0.717) is 25.5 Å². The zero-order valence-electron chi connectivity index (χ0n) is 13.6. The van der Waals surface area contributed by atoms with Crippen LogP contribution in [0.15, 0.2) is 0 Å². The van der Waals surface area contributed by atoms with E-state index < -0.39 is 7.14 Å². The Bertz CT molecular complexity index is 324. The second-order valence-corrected chi connectivity index (χ2v) is 8.88. The minimum Gasteiger partial charge on any atom is -0.466 e. The molecule has 0 aromatic carbocycles. The Morgan fingerprint density at radius 3 is 1.57 bits per heavy atom. The summed E-state index contributed by atoms with van der Waals surface area (Å²) in [5.74, 6) is -0.618. The van der Waals surface area contributed by atoms with Crippen LogP contribution >= 0.6 is 7.14 Å². The summed E-state index contributed by atoms with van der Waals surface area (Å²) in [7, 11) is -2.48. The molecule has 0 bridgehead atoms. The van der Waals surface area contributed by atoms with Gasteiger partial charge in [0, 0.05) is 12.3 Å². The Morgan fingerprint density at radius 2 is 1.24 bits per heavy atom. The van der Waals surface area contributed by atoms with Crippen molar-refractivity contribution in [3.8, 4) is 0 Å². The average Bonchev–Trinajstić information content (AvgIpc) is 2.44. The summed E-state index contributed by atoms with van der Waals surface area (Å²) >= 11 is 0. The molecular formula is C15H29O5P. The second kappa shape index (κ2) is 11.8. The highest BCUT2D eigenvalue weighted by Crippen LogP contribution is 2.42. The average molecular weight is 320 g/mol. The molecule has 0 aromatic rings. The normalized spacial score (nSPS) is 11.2. The summed E-state index contributed by atoms with van der Waals surface area (Å²) in [6, 6.07) is 0. The molecule has 6 heteroatoms. The number of unbranched alkanes of at least 4 members (excludes halogenated alkanes) is 2. The molecule has 0 N–H and O–H groups in total. The van der Waals surface area contributed by atoms with Gasteiger partial charge in [-0.1, -0.05) is 26.7 Å². The molecule has 0 atom stereocenters. The highest BCUT2D eigenvalue weighted by Gasteiger charge is 2.19. The van der Waals surface area contributed by atoms with E-state index in [-0.39, 0.29) is 24.8 Å². The van der Waals surface area contributed by atoms with Crippen LogP contribution in [0.2, 0.25) is 0 Å². The Labute approximate surface area is 128 Å². The molecule has 0 fully saturated rings. The molecule has 0 saturated carbocycles. The SMILES string of the molecule is CCCCOC(=O)CCP(C)(=O)CCC(=O)OCCCC. The van der Waals surface area contributed by atoms with Crippen LogP contribution < -0.4 is 0 Å². The molecule has 0 amide bonds. The van der Waals surface area contributed by atoms with Crippen molar-refractivity contribution in [1.29, 1.82) is 0 Å². The zero-order chi connectivity index (χ0) is 16.1.